The summed E-state index contributed by atoms with van der Waals surface area (Å²) in [5.41, 5.74) is -4.49. The number of rotatable bonds is 12. The molecule has 1 saturated heterocycles. The Hall–Kier alpha value is -4.52. The van der Waals surface area contributed by atoms with Crippen LogP contribution in [-0.4, -0.2) is 59.5 Å². The average Bonchev–Trinajstić information content (AvgIpc) is 3.28. The first-order valence-electron chi connectivity index (χ1n) is 24.9. The molecule has 12 heteroatoms. The molecule has 6 rings (SSSR count). The number of benzene rings is 4. The molecule has 1 amide bonds. The lowest BCUT2D eigenvalue weighted by atomic mass is 10.00. The van der Waals surface area contributed by atoms with Gasteiger partial charge in [-0.1, -0.05) is 54.6 Å². The molecule has 1 aliphatic rings. The number of likely N-dealkylation sites (tertiary alicyclic amines) is 1. The zero-order valence-corrected chi connectivity index (χ0v) is 28.4. The van der Waals surface area contributed by atoms with E-state index in [0.29, 0.717) is 23.4 Å². The summed E-state index contributed by atoms with van der Waals surface area (Å²) >= 11 is 0.343. The van der Waals surface area contributed by atoms with Gasteiger partial charge in [0.25, 0.3) is 0 Å². The first kappa shape index (κ1) is 20.8. The Kier molecular flexibility index (Phi) is 6.54. The molecule has 0 unspecified atom stereocenters. The van der Waals surface area contributed by atoms with Gasteiger partial charge in [0.05, 0.1) is 35.0 Å². The minimum Gasteiger partial charge on any atom is -0.383 e. The zero-order chi connectivity index (χ0) is 54.7. The van der Waals surface area contributed by atoms with Gasteiger partial charge in [0.2, 0.25) is 5.91 Å². The predicted molar refractivity (Wildman–Crippen MR) is 198 cm³/mol. The number of nitrogens with zero attached hydrogens (tertiary/aromatic N) is 3. The summed E-state index contributed by atoms with van der Waals surface area (Å²) in [6.07, 6.45) is -14.0. The molecule has 0 spiro atoms. The third kappa shape index (κ3) is 9.17. The Bertz CT molecular complexity index is 3010. The number of thioether (sulfide) groups is 1. The molecule has 0 saturated carbocycles. The summed E-state index contributed by atoms with van der Waals surface area (Å²) < 4.78 is 245. The maximum Gasteiger partial charge on any atom is 0.416 e. The number of hydrogen-bond donors (Lipinski definition) is 0. The SMILES string of the molecule is [2H]c1c(C)c([2H])c2c(c1[2H])c(=O)c([2H])c(SCc1cccc(F)c1F)n2CC(=O)N(C([2H])([2H])c1ccc(-c2ccc(C(F)(F)F)cc2)cc1)C1([2H])C([2H])([2H])C([2H])([2H])N(C([2H])([2H])C([2H])([2H])OC)C([2H])([2H])C1([2H])[2H]. The molecule has 0 aliphatic carbocycles. The first-order valence-corrected chi connectivity index (χ1v) is 16.4. The third-order valence-electron chi connectivity index (χ3n) is 7.55. The summed E-state index contributed by atoms with van der Waals surface area (Å²) in [5, 5.41) is -1.60. The molecule has 6 nitrogen and oxygen atoms in total. The number of piperidine rings is 1. The highest BCUT2D eigenvalue weighted by Gasteiger charge is 2.31. The van der Waals surface area contributed by atoms with Gasteiger partial charge in [0.1, 0.15) is 6.54 Å². The number of carbonyl (C=O) groups excluding carboxylic acids is 1. The van der Waals surface area contributed by atoms with Gasteiger partial charge in [-0.15, -0.1) is 11.8 Å². The fraction of sp³-hybridized carbons (Fsp3) is 0.317. The van der Waals surface area contributed by atoms with Crippen molar-refractivity contribution in [3.8, 4) is 11.1 Å². The van der Waals surface area contributed by atoms with E-state index in [1.54, 1.807) is 0 Å². The van der Waals surface area contributed by atoms with E-state index in [1.807, 2.05) is 0 Å². The molecule has 0 bridgehead atoms. The van der Waals surface area contributed by atoms with Crippen LogP contribution in [0.2, 0.25) is 0 Å². The standard InChI is InChI=1S/C41H40F5N3O3S/c1-27-6-15-34-36(22-27)49(39(23-37(34)50)53-26-31-4-3-5-35(42)40(31)43)25-38(51)48(33-16-18-47(19-17-33)20-21-52-2)24-28-7-9-29(10-8-28)30-11-13-32(14-12-30)41(44,45)46/h3-15,22-23,33H,16-21,24-26H2,1-2H3/i6D,15D,16D2,17D2,18D2,19D2,20D2,21D2,22D,23D,24D2,33D. The molecule has 0 radical (unpaired) electrons. The number of ether oxygens (including phenoxy) is 1. The molecule has 2 heterocycles. The number of amides is 1. The number of halogens is 5. The molecule has 1 aliphatic heterocycles. The van der Waals surface area contributed by atoms with E-state index in [9.17, 15) is 32.0 Å². The van der Waals surface area contributed by atoms with Crippen LogP contribution in [0.25, 0.3) is 22.0 Å². The molecule has 5 aromatic rings. The van der Waals surface area contributed by atoms with Crippen LogP contribution in [0, 0.1) is 18.6 Å². The van der Waals surface area contributed by atoms with Crippen LogP contribution in [0.5, 0.6) is 0 Å². The second kappa shape index (κ2) is 16.7. The summed E-state index contributed by atoms with van der Waals surface area (Å²) in [5.74, 6) is -5.44. The minimum absolute atomic E-state index is 0.0837. The Morgan fingerprint density at radius 3 is 2.38 bits per heavy atom. The minimum atomic E-state index is -4.73. The summed E-state index contributed by atoms with van der Waals surface area (Å²) in [6.45, 7) is -21.5. The highest BCUT2D eigenvalue weighted by Crippen LogP contribution is 2.32. The second-order valence-electron chi connectivity index (χ2n) is 11.1. The number of methoxy groups -OCH3 is 1. The highest BCUT2D eigenvalue weighted by atomic mass is 32.2. The molecule has 0 N–H and O–H groups in total. The van der Waals surface area contributed by atoms with E-state index in [0.717, 1.165) is 73.7 Å². The van der Waals surface area contributed by atoms with E-state index in [1.165, 1.54) is 0 Å². The van der Waals surface area contributed by atoms with Crippen LogP contribution < -0.4 is 5.43 Å². The lowest BCUT2D eigenvalue weighted by Crippen LogP contribution is -2.48. The van der Waals surface area contributed by atoms with Crippen molar-refractivity contribution in [3.63, 3.8) is 0 Å². The van der Waals surface area contributed by atoms with Gasteiger partial charge in [-0.2, -0.15) is 13.2 Å². The number of alkyl halides is 3. The van der Waals surface area contributed by atoms with Crippen molar-refractivity contribution in [2.45, 2.75) is 55.7 Å². The van der Waals surface area contributed by atoms with Crippen molar-refractivity contribution in [3.05, 3.63) is 135 Å². The maximum atomic E-state index is 15.5. The van der Waals surface area contributed by atoms with Crippen molar-refractivity contribution in [2.75, 3.05) is 33.2 Å². The Morgan fingerprint density at radius 2 is 1.72 bits per heavy atom. The van der Waals surface area contributed by atoms with Crippen molar-refractivity contribution >= 4 is 28.6 Å². The quantitative estimate of drug-likeness (QED) is 0.0940. The molecule has 1 aromatic heterocycles. The molecule has 1 fully saturated rings. The first-order chi connectivity index (χ1) is 32.7. The van der Waals surface area contributed by atoms with Gasteiger partial charge in [-0.05, 0) is 72.2 Å². The van der Waals surface area contributed by atoms with Crippen LogP contribution in [0.3, 0.4) is 0 Å². The third-order valence-corrected chi connectivity index (χ3v) is 8.60. The Labute approximate surface area is 335 Å². The van der Waals surface area contributed by atoms with Gasteiger partial charge >= 0.3 is 6.18 Å². The normalized spacial score (nSPS) is 24.6. The van der Waals surface area contributed by atoms with Crippen molar-refractivity contribution < 1.29 is 57.5 Å². The number of hydrogen-bond acceptors (Lipinski definition) is 5. The fourth-order valence-corrected chi connectivity index (χ4v) is 5.95. The summed E-state index contributed by atoms with van der Waals surface area (Å²) in [4.78, 5) is 28.0. The average molecular weight is 769 g/mol. The summed E-state index contributed by atoms with van der Waals surface area (Å²) in [7, 11) is 0.561. The van der Waals surface area contributed by atoms with Gasteiger partial charge in [0, 0.05) is 75.6 Å². The largest absolute Gasteiger partial charge is 0.416 e. The van der Waals surface area contributed by atoms with E-state index in [4.69, 9.17) is 16.4 Å². The maximum absolute atomic E-state index is 15.5. The molecule has 53 heavy (non-hydrogen) atoms. The van der Waals surface area contributed by atoms with Crippen LogP contribution in [0.1, 0.15) is 61.0 Å². The van der Waals surface area contributed by atoms with Crippen molar-refractivity contribution in [1.29, 1.82) is 0 Å². The fourth-order valence-electron chi connectivity index (χ4n) is 4.96. The molecule has 278 valence electrons. The van der Waals surface area contributed by atoms with E-state index < -0.39 is 159 Å². The number of carbonyl (C=O) groups is 1. The Morgan fingerprint density at radius 1 is 1.04 bits per heavy atom. The topological polar surface area (TPSA) is 54.8 Å². The monoisotopic (exact) mass is 768 g/mol. The van der Waals surface area contributed by atoms with Crippen molar-refractivity contribution in [1.82, 2.24) is 14.4 Å². The number of aromatic nitrogens is 1. The lowest BCUT2D eigenvalue weighted by Gasteiger charge is -2.39. The van der Waals surface area contributed by atoms with Crippen LogP contribution >= 0.6 is 11.8 Å². The number of pyridine rings is 1. The van der Waals surface area contributed by atoms with Gasteiger partial charge in [-0.25, -0.2) is 8.78 Å². The zero-order valence-electron chi connectivity index (χ0n) is 46.6. The highest BCUT2D eigenvalue weighted by molar-refractivity contribution is 7.98. The lowest BCUT2D eigenvalue weighted by molar-refractivity contribution is -0.137. The molecule has 4 aromatic carbocycles. The van der Waals surface area contributed by atoms with E-state index >= 15 is 9.18 Å². The second-order valence-corrected chi connectivity index (χ2v) is 12.1. The van der Waals surface area contributed by atoms with Crippen LogP contribution in [-0.2, 0) is 34.5 Å². The number of fused-ring (bicyclic) bond motifs is 1. The van der Waals surface area contributed by atoms with Crippen molar-refractivity contribution in [2.24, 2.45) is 0 Å². The van der Waals surface area contributed by atoms with Crippen LogP contribution in [0.4, 0.5) is 22.0 Å². The summed E-state index contributed by atoms with van der Waals surface area (Å²) in [6, 6.07) is 2.19. The van der Waals surface area contributed by atoms with Gasteiger partial charge in [0.15, 0.2) is 17.1 Å². The Balaban J connectivity index is 1.68. The van der Waals surface area contributed by atoms with E-state index in [-0.39, 0.29) is 16.7 Å². The van der Waals surface area contributed by atoms with Gasteiger partial charge < -0.3 is 19.1 Å². The van der Waals surface area contributed by atoms with Gasteiger partial charge in [-0.3, -0.25) is 9.59 Å². The predicted octanol–water partition coefficient (Wildman–Crippen LogP) is 8.71. The van der Waals surface area contributed by atoms with E-state index in [2.05, 4.69) is 4.74 Å². The smallest absolute Gasteiger partial charge is 0.383 e. The molecular weight excluding hydrogens is 710 g/mol. The molecular formula is C41H40F5N3O3S. The molecule has 0 atom stereocenters. The van der Waals surface area contributed by atoms with Crippen LogP contribution in [0.15, 0.2) is 101 Å².